The Balaban J connectivity index is 1.16. The van der Waals surface area contributed by atoms with Gasteiger partial charge < -0.3 is 9.97 Å². The van der Waals surface area contributed by atoms with Crippen molar-refractivity contribution in [2.75, 3.05) is 0 Å². The maximum atomic E-state index is 13.0. The van der Waals surface area contributed by atoms with Crippen molar-refractivity contribution in [1.82, 2.24) is 24.9 Å². The van der Waals surface area contributed by atoms with Gasteiger partial charge in [0, 0.05) is 30.0 Å². The maximum Gasteiger partial charge on any atom is 0.188 e. The molecule has 6 rings (SSSR count). The number of para-hydroxylation sites is 3. The molecule has 0 amide bonds. The van der Waals surface area contributed by atoms with E-state index in [1.807, 2.05) is 60.7 Å². The van der Waals surface area contributed by atoms with Crippen molar-refractivity contribution in [2.24, 2.45) is 0 Å². The minimum Gasteiger partial charge on any atom is -0.342 e. The van der Waals surface area contributed by atoms with E-state index in [0.29, 0.717) is 41.9 Å². The molecule has 7 heteroatoms. The molecule has 3 aromatic carbocycles. The van der Waals surface area contributed by atoms with E-state index in [4.69, 9.17) is 0 Å². The highest BCUT2D eigenvalue weighted by Crippen LogP contribution is 2.21. The molecule has 0 unspecified atom stereocenters. The van der Waals surface area contributed by atoms with Crippen LogP contribution in [-0.4, -0.2) is 36.5 Å². The smallest absolute Gasteiger partial charge is 0.188 e. The summed E-state index contributed by atoms with van der Waals surface area (Å²) < 4.78 is 0. The van der Waals surface area contributed by atoms with Gasteiger partial charge in [-0.05, 0) is 42.1 Å². The number of pyridine rings is 1. The molecule has 36 heavy (non-hydrogen) atoms. The third kappa shape index (κ3) is 4.27. The number of aromatic amines is 2. The quantitative estimate of drug-likeness (QED) is 0.279. The van der Waals surface area contributed by atoms with Gasteiger partial charge in [-0.15, -0.1) is 0 Å². The van der Waals surface area contributed by atoms with E-state index in [1.165, 1.54) is 0 Å². The van der Waals surface area contributed by atoms with Crippen molar-refractivity contribution in [3.8, 4) is 0 Å². The van der Waals surface area contributed by atoms with Gasteiger partial charge in [0.05, 0.1) is 28.5 Å². The standard InChI is InChI=1S/C29H23N5O2/c35-25(13-6-14-27-31-21-10-3-4-11-22(21)32-27)20-9-5-12-23-29(20)34-28(33-23)16-26(36)24-15-18-7-1-2-8-19(18)17-30-24/h1-5,7-12,15,17H,6,13-14,16H2,(H,31,32)(H,33,34). The second-order valence-electron chi connectivity index (χ2n) is 8.88. The van der Waals surface area contributed by atoms with E-state index in [0.717, 1.165) is 33.1 Å². The molecular formula is C29H23N5O2. The Labute approximate surface area is 206 Å². The van der Waals surface area contributed by atoms with Crippen molar-refractivity contribution in [3.05, 3.63) is 102 Å². The van der Waals surface area contributed by atoms with Crippen molar-refractivity contribution < 1.29 is 9.59 Å². The number of benzene rings is 3. The van der Waals surface area contributed by atoms with Crippen LogP contribution < -0.4 is 0 Å². The minimum atomic E-state index is -0.126. The molecule has 6 aromatic rings. The summed E-state index contributed by atoms with van der Waals surface area (Å²) in [5, 5.41) is 1.96. The summed E-state index contributed by atoms with van der Waals surface area (Å²) in [6.45, 7) is 0. The summed E-state index contributed by atoms with van der Waals surface area (Å²) in [5.74, 6) is 1.30. The molecule has 7 nitrogen and oxygen atoms in total. The van der Waals surface area contributed by atoms with Crippen LogP contribution in [0, 0.1) is 0 Å². The fourth-order valence-electron chi connectivity index (χ4n) is 4.55. The first kappa shape index (κ1) is 21.9. The minimum absolute atomic E-state index is 0.0253. The van der Waals surface area contributed by atoms with E-state index >= 15 is 0 Å². The number of fused-ring (bicyclic) bond motifs is 3. The van der Waals surface area contributed by atoms with E-state index in [1.54, 1.807) is 18.3 Å². The van der Waals surface area contributed by atoms with Gasteiger partial charge in [-0.25, -0.2) is 9.97 Å². The molecule has 3 heterocycles. The molecule has 0 saturated carbocycles. The molecule has 0 fully saturated rings. The van der Waals surface area contributed by atoms with Crippen LogP contribution in [-0.2, 0) is 12.8 Å². The number of Topliss-reactive ketones (excluding diaryl/α,β-unsaturated/α-hetero) is 2. The number of hydrogen-bond donors (Lipinski definition) is 2. The van der Waals surface area contributed by atoms with Crippen LogP contribution in [0.15, 0.2) is 79.0 Å². The summed E-state index contributed by atoms with van der Waals surface area (Å²) in [6.07, 6.45) is 3.55. The lowest BCUT2D eigenvalue weighted by atomic mass is 10.0. The molecule has 0 bridgehead atoms. The predicted octanol–water partition coefficient (Wildman–Crippen LogP) is 5.62. The molecular weight excluding hydrogens is 450 g/mol. The number of carbonyl (C=O) groups excluding carboxylic acids is 2. The molecule has 0 aliphatic heterocycles. The number of nitrogens with one attached hydrogen (secondary N) is 2. The predicted molar refractivity (Wildman–Crippen MR) is 139 cm³/mol. The zero-order valence-electron chi connectivity index (χ0n) is 19.5. The molecule has 3 aromatic heterocycles. The van der Waals surface area contributed by atoms with Crippen LogP contribution in [0.5, 0.6) is 0 Å². The topological polar surface area (TPSA) is 104 Å². The van der Waals surface area contributed by atoms with E-state index in [-0.39, 0.29) is 18.0 Å². The first-order chi connectivity index (χ1) is 17.6. The van der Waals surface area contributed by atoms with Crippen molar-refractivity contribution in [2.45, 2.75) is 25.7 Å². The SMILES string of the molecule is O=C(Cc1nc2c(C(=O)CCCc3nc4ccccc4[nH]3)cccc2[nH]1)c1cc2ccccc2cn1. The highest BCUT2D eigenvalue weighted by molar-refractivity contribution is 6.06. The average molecular weight is 474 g/mol. The number of aryl methyl sites for hydroxylation is 1. The first-order valence-corrected chi connectivity index (χ1v) is 12.0. The third-order valence-electron chi connectivity index (χ3n) is 6.36. The lowest BCUT2D eigenvalue weighted by Crippen LogP contribution is -2.07. The molecule has 0 aliphatic carbocycles. The van der Waals surface area contributed by atoms with Crippen LogP contribution in [0.1, 0.15) is 45.3 Å². The average Bonchev–Trinajstić information content (AvgIpc) is 3.51. The van der Waals surface area contributed by atoms with Crippen molar-refractivity contribution in [1.29, 1.82) is 0 Å². The highest BCUT2D eigenvalue weighted by atomic mass is 16.1. The number of H-pyrrole nitrogens is 2. The Kier molecular flexibility index (Phi) is 5.58. The number of hydrogen-bond acceptors (Lipinski definition) is 5. The van der Waals surface area contributed by atoms with Crippen LogP contribution in [0.25, 0.3) is 32.8 Å². The molecule has 176 valence electrons. The summed E-state index contributed by atoms with van der Waals surface area (Å²) in [6, 6.07) is 23.0. The maximum absolute atomic E-state index is 13.0. The zero-order chi connectivity index (χ0) is 24.5. The Morgan fingerprint density at radius 3 is 2.42 bits per heavy atom. The van der Waals surface area contributed by atoms with Gasteiger partial charge in [0.25, 0.3) is 0 Å². The molecule has 0 spiro atoms. The number of rotatable bonds is 8. The van der Waals surface area contributed by atoms with E-state index in [9.17, 15) is 9.59 Å². The molecule has 0 aliphatic rings. The first-order valence-electron chi connectivity index (χ1n) is 12.0. The second-order valence-corrected chi connectivity index (χ2v) is 8.88. The van der Waals surface area contributed by atoms with Crippen LogP contribution in [0.4, 0.5) is 0 Å². The monoisotopic (exact) mass is 473 g/mol. The van der Waals surface area contributed by atoms with Crippen LogP contribution >= 0.6 is 0 Å². The summed E-state index contributed by atoms with van der Waals surface area (Å²) in [7, 11) is 0. The van der Waals surface area contributed by atoms with Gasteiger partial charge in [0.1, 0.15) is 17.3 Å². The van der Waals surface area contributed by atoms with E-state index in [2.05, 4.69) is 24.9 Å². The fourth-order valence-corrected chi connectivity index (χ4v) is 4.55. The van der Waals surface area contributed by atoms with Crippen LogP contribution in [0.2, 0.25) is 0 Å². The molecule has 0 saturated heterocycles. The summed E-state index contributed by atoms with van der Waals surface area (Å²) >= 11 is 0. The molecule has 0 radical (unpaired) electrons. The number of carbonyl (C=O) groups is 2. The zero-order valence-corrected chi connectivity index (χ0v) is 19.5. The second kappa shape index (κ2) is 9.19. The summed E-state index contributed by atoms with van der Waals surface area (Å²) in [4.78, 5) is 46.0. The van der Waals surface area contributed by atoms with Gasteiger partial charge >= 0.3 is 0 Å². The van der Waals surface area contributed by atoms with Crippen molar-refractivity contribution >= 4 is 44.4 Å². The van der Waals surface area contributed by atoms with E-state index < -0.39 is 0 Å². The molecule has 0 atom stereocenters. The number of nitrogens with zero attached hydrogens (tertiary/aromatic N) is 3. The van der Waals surface area contributed by atoms with Crippen LogP contribution in [0.3, 0.4) is 0 Å². The largest absolute Gasteiger partial charge is 0.342 e. The Morgan fingerprint density at radius 1 is 0.750 bits per heavy atom. The Bertz CT molecular complexity index is 1710. The Hall–Kier alpha value is -4.65. The Morgan fingerprint density at radius 2 is 1.53 bits per heavy atom. The van der Waals surface area contributed by atoms with Gasteiger partial charge in [-0.1, -0.05) is 42.5 Å². The number of aromatic nitrogens is 5. The van der Waals surface area contributed by atoms with Gasteiger partial charge in [0.2, 0.25) is 0 Å². The lowest BCUT2D eigenvalue weighted by Gasteiger charge is -2.02. The molecule has 2 N–H and O–H groups in total. The fraction of sp³-hybridized carbons (Fsp3) is 0.138. The van der Waals surface area contributed by atoms with Crippen molar-refractivity contribution in [3.63, 3.8) is 0 Å². The normalized spacial score (nSPS) is 11.4. The highest BCUT2D eigenvalue weighted by Gasteiger charge is 2.17. The number of ketones is 2. The van der Waals surface area contributed by atoms with Gasteiger partial charge in [0.15, 0.2) is 11.6 Å². The lowest BCUT2D eigenvalue weighted by molar-refractivity contribution is 0.0976. The van der Waals surface area contributed by atoms with Gasteiger partial charge in [-0.2, -0.15) is 0 Å². The number of imidazole rings is 2. The summed E-state index contributed by atoms with van der Waals surface area (Å²) in [5.41, 5.74) is 4.24. The third-order valence-corrected chi connectivity index (χ3v) is 6.36. The van der Waals surface area contributed by atoms with Gasteiger partial charge in [-0.3, -0.25) is 14.6 Å².